The second-order valence-corrected chi connectivity index (χ2v) is 8.14. The van der Waals surface area contributed by atoms with E-state index in [0.29, 0.717) is 13.2 Å². The normalized spacial score (nSPS) is 13.6. The van der Waals surface area contributed by atoms with Crippen LogP contribution in [0.25, 0.3) is 0 Å². The minimum atomic E-state index is -0.604. The van der Waals surface area contributed by atoms with E-state index in [4.69, 9.17) is 10.5 Å². The van der Waals surface area contributed by atoms with Crippen LogP contribution in [0.15, 0.2) is 30.3 Å². The number of hydrogen-bond donors (Lipinski definition) is 2. The van der Waals surface area contributed by atoms with Crippen molar-refractivity contribution in [3.63, 3.8) is 0 Å². The molecule has 0 saturated carbocycles. The molecule has 3 heteroatoms. The van der Waals surface area contributed by atoms with Gasteiger partial charge >= 0.3 is 0 Å². The molecule has 0 saturated heterocycles. The number of hydrogen-bond acceptors (Lipinski definition) is 3. The molecule has 0 spiro atoms. The van der Waals surface area contributed by atoms with Gasteiger partial charge in [-0.2, -0.15) is 0 Å². The van der Waals surface area contributed by atoms with Crippen LogP contribution >= 0.6 is 0 Å². The maximum absolute atomic E-state index is 9.65. The quantitative estimate of drug-likeness (QED) is 0.309. The summed E-state index contributed by atoms with van der Waals surface area (Å²) in [7, 11) is 0. The van der Waals surface area contributed by atoms with Crippen molar-refractivity contribution in [1.29, 1.82) is 0 Å². The summed E-state index contributed by atoms with van der Waals surface area (Å²) in [5.41, 5.74) is 6.85. The number of aliphatic hydroxyl groups excluding tert-OH is 1. The van der Waals surface area contributed by atoms with Crippen LogP contribution in [0.5, 0.6) is 0 Å². The van der Waals surface area contributed by atoms with Crippen LogP contribution in [-0.2, 0) is 11.3 Å². The Morgan fingerprint density at radius 3 is 1.85 bits per heavy atom. The number of ether oxygens (including phenoxy) is 1. The van der Waals surface area contributed by atoms with Crippen molar-refractivity contribution in [2.45, 2.75) is 103 Å². The number of rotatable bonds is 18. The van der Waals surface area contributed by atoms with Crippen molar-refractivity contribution in [2.75, 3.05) is 13.2 Å². The van der Waals surface area contributed by atoms with Gasteiger partial charge in [0, 0.05) is 0 Å². The third-order valence-electron chi connectivity index (χ3n) is 5.34. The standard InChI is InChI=1S/C24H43NO2/c1-2-3-4-5-6-7-8-9-10-11-12-16-19-24(25,21-26)22-27-20-23-17-14-13-15-18-23/h13-15,17-18,26H,2-12,16,19-22,25H2,1H3. The van der Waals surface area contributed by atoms with Crippen LogP contribution in [0.1, 0.15) is 96.0 Å². The fraction of sp³-hybridized carbons (Fsp3) is 0.750. The summed E-state index contributed by atoms with van der Waals surface area (Å²) in [4.78, 5) is 0. The molecule has 1 aromatic rings. The fourth-order valence-electron chi connectivity index (χ4n) is 3.46. The van der Waals surface area contributed by atoms with E-state index < -0.39 is 5.54 Å². The van der Waals surface area contributed by atoms with Gasteiger partial charge in [-0.05, 0) is 12.0 Å². The van der Waals surface area contributed by atoms with Gasteiger partial charge in [-0.25, -0.2) is 0 Å². The highest BCUT2D eigenvalue weighted by Gasteiger charge is 2.23. The summed E-state index contributed by atoms with van der Waals surface area (Å²) in [6.45, 7) is 3.22. The molecular weight excluding hydrogens is 334 g/mol. The van der Waals surface area contributed by atoms with Gasteiger partial charge in [0.2, 0.25) is 0 Å². The number of benzene rings is 1. The van der Waals surface area contributed by atoms with Crippen molar-refractivity contribution in [2.24, 2.45) is 5.73 Å². The summed E-state index contributed by atoms with van der Waals surface area (Å²) >= 11 is 0. The van der Waals surface area contributed by atoms with E-state index in [-0.39, 0.29) is 6.61 Å². The lowest BCUT2D eigenvalue weighted by atomic mass is 9.94. The zero-order chi connectivity index (χ0) is 19.6. The maximum Gasteiger partial charge on any atom is 0.0717 e. The zero-order valence-corrected chi connectivity index (χ0v) is 17.6. The molecule has 1 aromatic carbocycles. The predicted octanol–water partition coefficient (Wildman–Crippen LogP) is 5.98. The molecule has 1 rings (SSSR count). The molecule has 1 unspecified atom stereocenters. The first-order valence-corrected chi connectivity index (χ1v) is 11.2. The average Bonchev–Trinajstić information content (AvgIpc) is 2.69. The van der Waals surface area contributed by atoms with Crippen molar-refractivity contribution >= 4 is 0 Å². The monoisotopic (exact) mass is 377 g/mol. The summed E-state index contributed by atoms with van der Waals surface area (Å²) in [5, 5.41) is 9.65. The third kappa shape index (κ3) is 13.0. The van der Waals surface area contributed by atoms with Crippen molar-refractivity contribution in [1.82, 2.24) is 0 Å². The van der Waals surface area contributed by atoms with Crippen molar-refractivity contribution < 1.29 is 9.84 Å². The van der Waals surface area contributed by atoms with E-state index >= 15 is 0 Å². The molecule has 0 fully saturated rings. The predicted molar refractivity (Wildman–Crippen MR) is 116 cm³/mol. The number of aliphatic hydroxyl groups is 1. The van der Waals surface area contributed by atoms with Crippen LogP contribution in [-0.4, -0.2) is 23.9 Å². The van der Waals surface area contributed by atoms with Crippen LogP contribution in [0.2, 0.25) is 0 Å². The minimum absolute atomic E-state index is 0.0141. The molecule has 0 aliphatic rings. The zero-order valence-electron chi connectivity index (χ0n) is 17.6. The van der Waals surface area contributed by atoms with Gasteiger partial charge in [-0.15, -0.1) is 0 Å². The van der Waals surface area contributed by atoms with E-state index in [2.05, 4.69) is 6.92 Å². The highest BCUT2D eigenvalue weighted by Crippen LogP contribution is 2.16. The Morgan fingerprint density at radius 2 is 1.33 bits per heavy atom. The van der Waals surface area contributed by atoms with Crippen LogP contribution in [0.4, 0.5) is 0 Å². The van der Waals surface area contributed by atoms with E-state index in [1.165, 1.54) is 70.6 Å². The third-order valence-corrected chi connectivity index (χ3v) is 5.34. The molecule has 1 atom stereocenters. The molecule has 0 aliphatic heterocycles. The maximum atomic E-state index is 9.65. The molecule has 0 radical (unpaired) electrons. The molecule has 3 nitrogen and oxygen atoms in total. The first kappa shape index (κ1) is 24.1. The molecule has 0 aromatic heterocycles. The van der Waals surface area contributed by atoms with Gasteiger partial charge in [0.25, 0.3) is 0 Å². The smallest absolute Gasteiger partial charge is 0.0717 e. The summed E-state index contributed by atoms with van der Waals surface area (Å²) in [6.07, 6.45) is 16.8. The molecule has 0 bridgehead atoms. The Balaban J connectivity index is 1.98. The van der Waals surface area contributed by atoms with E-state index in [1.54, 1.807) is 0 Å². The van der Waals surface area contributed by atoms with Gasteiger partial charge < -0.3 is 15.6 Å². The number of nitrogens with two attached hydrogens (primary N) is 1. The molecule has 156 valence electrons. The molecule has 0 amide bonds. The van der Waals surface area contributed by atoms with E-state index in [1.807, 2.05) is 30.3 Å². The first-order chi connectivity index (χ1) is 13.2. The van der Waals surface area contributed by atoms with Crippen LogP contribution in [0, 0.1) is 0 Å². The number of unbranched alkanes of at least 4 members (excludes halogenated alkanes) is 11. The Labute approximate surface area is 167 Å². The molecule has 0 aliphatic carbocycles. The van der Waals surface area contributed by atoms with Gasteiger partial charge in [0.05, 0.1) is 25.4 Å². The Bertz CT molecular complexity index is 437. The molecule has 3 N–H and O–H groups in total. The van der Waals surface area contributed by atoms with Crippen molar-refractivity contribution in [3.8, 4) is 0 Å². The Kier molecular flexibility index (Phi) is 14.4. The van der Waals surface area contributed by atoms with Crippen molar-refractivity contribution in [3.05, 3.63) is 35.9 Å². The average molecular weight is 378 g/mol. The Morgan fingerprint density at radius 1 is 0.815 bits per heavy atom. The Hall–Kier alpha value is -0.900. The second kappa shape index (κ2) is 16.1. The topological polar surface area (TPSA) is 55.5 Å². The SMILES string of the molecule is CCCCCCCCCCCCCCC(N)(CO)COCc1ccccc1. The summed E-state index contributed by atoms with van der Waals surface area (Å²) < 4.78 is 5.75. The minimum Gasteiger partial charge on any atom is -0.394 e. The van der Waals surface area contributed by atoms with Gasteiger partial charge in [0.1, 0.15) is 0 Å². The lowest BCUT2D eigenvalue weighted by Gasteiger charge is -2.27. The van der Waals surface area contributed by atoms with E-state index in [9.17, 15) is 5.11 Å². The largest absolute Gasteiger partial charge is 0.394 e. The lowest BCUT2D eigenvalue weighted by molar-refractivity contribution is 0.0407. The second-order valence-electron chi connectivity index (χ2n) is 8.14. The highest BCUT2D eigenvalue weighted by atomic mass is 16.5. The van der Waals surface area contributed by atoms with Gasteiger partial charge in [-0.3, -0.25) is 0 Å². The van der Waals surface area contributed by atoms with Crippen LogP contribution < -0.4 is 5.73 Å². The first-order valence-electron chi connectivity index (χ1n) is 11.2. The lowest BCUT2D eigenvalue weighted by Crippen LogP contribution is -2.48. The summed E-state index contributed by atoms with van der Waals surface area (Å²) in [5.74, 6) is 0. The molecular formula is C24H43NO2. The highest BCUT2D eigenvalue weighted by molar-refractivity contribution is 5.13. The summed E-state index contributed by atoms with van der Waals surface area (Å²) in [6, 6.07) is 10.1. The van der Waals surface area contributed by atoms with Gasteiger partial charge in [-0.1, -0.05) is 114 Å². The fourth-order valence-corrected chi connectivity index (χ4v) is 3.46. The van der Waals surface area contributed by atoms with Gasteiger partial charge in [0.15, 0.2) is 0 Å². The molecule has 0 heterocycles. The molecule has 27 heavy (non-hydrogen) atoms. The van der Waals surface area contributed by atoms with E-state index in [0.717, 1.165) is 18.4 Å². The van der Waals surface area contributed by atoms with Crippen LogP contribution in [0.3, 0.4) is 0 Å².